The first-order chi connectivity index (χ1) is 11.7. The zero-order chi connectivity index (χ0) is 16.9. The Morgan fingerprint density at radius 1 is 1.15 bits per heavy atom. The molecule has 140 valence electrons. The number of carbonyl (C=O) groups is 1. The molecular weight excluding hydrogens is 375 g/mol. The standard InChI is InChI=1S/C17H20N6O.2ClH/c1-12-15(17(24)20-11-5-9-18-2)21-22-23(12)14-8-3-6-13-7-4-10-19-16(13)14;;/h3-4,6-8,10,18H,5,9,11H2,1-2H3,(H,20,24);2*1H. The topological polar surface area (TPSA) is 84.7 Å². The number of pyridine rings is 1. The van der Waals surface area contributed by atoms with Gasteiger partial charge in [-0.15, -0.1) is 29.9 Å². The van der Waals surface area contributed by atoms with Crippen LogP contribution in [0.25, 0.3) is 16.6 Å². The molecule has 2 N–H and O–H groups in total. The summed E-state index contributed by atoms with van der Waals surface area (Å²) in [6.07, 6.45) is 2.61. The molecule has 0 unspecified atom stereocenters. The molecule has 0 aliphatic carbocycles. The predicted molar refractivity (Wildman–Crippen MR) is 107 cm³/mol. The Morgan fingerprint density at radius 3 is 2.69 bits per heavy atom. The molecule has 0 radical (unpaired) electrons. The Labute approximate surface area is 164 Å². The second-order valence-corrected chi connectivity index (χ2v) is 5.50. The largest absolute Gasteiger partial charge is 0.351 e. The van der Waals surface area contributed by atoms with E-state index in [0.29, 0.717) is 17.9 Å². The minimum atomic E-state index is -0.206. The number of carbonyl (C=O) groups excluding carboxylic acids is 1. The quantitative estimate of drug-likeness (QED) is 0.624. The van der Waals surface area contributed by atoms with Crippen molar-refractivity contribution in [2.45, 2.75) is 13.3 Å². The molecule has 2 aromatic heterocycles. The number of nitrogens with one attached hydrogen (secondary N) is 2. The van der Waals surface area contributed by atoms with Crippen molar-refractivity contribution in [3.8, 4) is 5.69 Å². The zero-order valence-electron chi connectivity index (χ0n) is 14.6. The van der Waals surface area contributed by atoms with Crippen molar-refractivity contribution in [3.63, 3.8) is 0 Å². The summed E-state index contributed by atoms with van der Waals surface area (Å²) < 4.78 is 1.66. The Bertz CT molecular complexity index is 862. The maximum Gasteiger partial charge on any atom is 0.273 e. The molecule has 3 rings (SSSR count). The average molecular weight is 397 g/mol. The third-order valence-corrected chi connectivity index (χ3v) is 3.84. The van der Waals surface area contributed by atoms with Crippen LogP contribution in [0.1, 0.15) is 22.6 Å². The third-order valence-electron chi connectivity index (χ3n) is 3.84. The summed E-state index contributed by atoms with van der Waals surface area (Å²) in [6.45, 7) is 3.29. The number of fused-ring (bicyclic) bond motifs is 1. The summed E-state index contributed by atoms with van der Waals surface area (Å²) in [5, 5.41) is 15.1. The van der Waals surface area contributed by atoms with Gasteiger partial charge in [-0.3, -0.25) is 9.78 Å². The van der Waals surface area contributed by atoms with Crippen LogP contribution in [-0.2, 0) is 0 Å². The van der Waals surface area contributed by atoms with Gasteiger partial charge in [0.15, 0.2) is 5.69 Å². The molecule has 1 aromatic carbocycles. The van der Waals surface area contributed by atoms with E-state index in [4.69, 9.17) is 0 Å². The summed E-state index contributed by atoms with van der Waals surface area (Å²) in [5.74, 6) is -0.206. The number of rotatable bonds is 6. The maximum atomic E-state index is 12.3. The van der Waals surface area contributed by atoms with E-state index in [0.717, 1.165) is 29.6 Å². The number of halogens is 2. The fraction of sp³-hybridized carbons (Fsp3) is 0.294. The third kappa shape index (κ3) is 4.49. The molecule has 9 heteroatoms. The van der Waals surface area contributed by atoms with Gasteiger partial charge in [0.2, 0.25) is 0 Å². The molecule has 0 saturated carbocycles. The highest BCUT2D eigenvalue weighted by molar-refractivity contribution is 5.93. The minimum absolute atomic E-state index is 0. The molecule has 0 saturated heterocycles. The van der Waals surface area contributed by atoms with E-state index in [1.54, 1.807) is 10.9 Å². The van der Waals surface area contributed by atoms with Gasteiger partial charge in [-0.2, -0.15) is 0 Å². The molecule has 1 amide bonds. The Kier molecular flexibility index (Phi) is 8.44. The van der Waals surface area contributed by atoms with Crippen LogP contribution >= 0.6 is 24.8 Å². The van der Waals surface area contributed by atoms with Crippen LogP contribution in [0, 0.1) is 6.92 Å². The number of aromatic nitrogens is 4. The maximum absolute atomic E-state index is 12.3. The van der Waals surface area contributed by atoms with Crippen LogP contribution in [0.2, 0.25) is 0 Å². The van der Waals surface area contributed by atoms with Crippen molar-refractivity contribution < 1.29 is 4.79 Å². The normalized spacial score (nSPS) is 10.1. The van der Waals surface area contributed by atoms with Gasteiger partial charge in [0.1, 0.15) is 0 Å². The van der Waals surface area contributed by atoms with E-state index in [-0.39, 0.29) is 30.7 Å². The van der Waals surface area contributed by atoms with Crippen LogP contribution in [0.4, 0.5) is 0 Å². The van der Waals surface area contributed by atoms with Gasteiger partial charge >= 0.3 is 0 Å². The van der Waals surface area contributed by atoms with Crippen LogP contribution in [0.3, 0.4) is 0 Å². The number of hydrogen-bond acceptors (Lipinski definition) is 5. The summed E-state index contributed by atoms with van der Waals surface area (Å²) in [6, 6.07) is 9.74. The molecule has 0 spiro atoms. The lowest BCUT2D eigenvalue weighted by molar-refractivity contribution is 0.0947. The first-order valence-corrected chi connectivity index (χ1v) is 7.91. The lowest BCUT2D eigenvalue weighted by atomic mass is 10.2. The highest BCUT2D eigenvalue weighted by atomic mass is 35.5. The van der Waals surface area contributed by atoms with Gasteiger partial charge in [-0.05, 0) is 39.1 Å². The summed E-state index contributed by atoms with van der Waals surface area (Å²) in [4.78, 5) is 16.7. The first kappa shape index (κ1) is 21.8. The van der Waals surface area contributed by atoms with Crippen molar-refractivity contribution in [3.05, 3.63) is 47.9 Å². The molecular formula is C17H22Cl2N6O. The zero-order valence-corrected chi connectivity index (χ0v) is 16.2. The average Bonchev–Trinajstić information content (AvgIpc) is 2.99. The Morgan fingerprint density at radius 2 is 1.92 bits per heavy atom. The number of para-hydroxylation sites is 1. The minimum Gasteiger partial charge on any atom is -0.351 e. The number of nitrogens with zero attached hydrogens (tertiary/aromatic N) is 4. The fourth-order valence-electron chi connectivity index (χ4n) is 2.58. The van der Waals surface area contributed by atoms with Crippen LogP contribution in [0.5, 0.6) is 0 Å². The van der Waals surface area contributed by atoms with Gasteiger partial charge in [-0.1, -0.05) is 23.4 Å². The van der Waals surface area contributed by atoms with Crippen molar-refractivity contribution in [2.24, 2.45) is 0 Å². The van der Waals surface area contributed by atoms with E-state index in [1.807, 2.05) is 44.3 Å². The van der Waals surface area contributed by atoms with Crippen molar-refractivity contribution in [1.29, 1.82) is 0 Å². The van der Waals surface area contributed by atoms with E-state index >= 15 is 0 Å². The monoisotopic (exact) mass is 396 g/mol. The molecule has 0 fully saturated rings. The summed E-state index contributed by atoms with van der Waals surface area (Å²) >= 11 is 0. The van der Waals surface area contributed by atoms with Crippen molar-refractivity contribution >= 4 is 41.6 Å². The molecule has 0 aliphatic rings. The lowest BCUT2D eigenvalue weighted by Gasteiger charge is -2.07. The van der Waals surface area contributed by atoms with Gasteiger partial charge < -0.3 is 10.6 Å². The number of hydrogen-bond donors (Lipinski definition) is 2. The SMILES string of the molecule is CNCCCNC(=O)c1nnn(-c2cccc3cccnc23)c1C.Cl.Cl. The molecule has 26 heavy (non-hydrogen) atoms. The van der Waals surface area contributed by atoms with Gasteiger partial charge in [0, 0.05) is 18.1 Å². The second-order valence-electron chi connectivity index (χ2n) is 5.50. The predicted octanol–water partition coefficient (Wildman–Crippen LogP) is 2.31. The summed E-state index contributed by atoms with van der Waals surface area (Å²) in [7, 11) is 1.88. The molecule has 0 aliphatic heterocycles. The van der Waals surface area contributed by atoms with Crippen LogP contribution in [0.15, 0.2) is 36.5 Å². The Hall–Kier alpha value is -2.22. The van der Waals surface area contributed by atoms with E-state index in [2.05, 4.69) is 25.9 Å². The number of benzene rings is 1. The molecule has 2 heterocycles. The fourth-order valence-corrected chi connectivity index (χ4v) is 2.58. The highest BCUT2D eigenvalue weighted by Crippen LogP contribution is 2.21. The highest BCUT2D eigenvalue weighted by Gasteiger charge is 2.18. The van der Waals surface area contributed by atoms with Gasteiger partial charge in [0.25, 0.3) is 5.91 Å². The molecule has 3 aromatic rings. The number of amides is 1. The molecule has 0 atom stereocenters. The molecule has 0 bridgehead atoms. The van der Waals surface area contributed by atoms with Gasteiger partial charge in [0.05, 0.1) is 16.9 Å². The first-order valence-electron chi connectivity index (χ1n) is 7.91. The summed E-state index contributed by atoms with van der Waals surface area (Å²) in [5.41, 5.74) is 2.67. The van der Waals surface area contributed by atoms with E-state index in [1.165, 1.54) is 0 Å². The lowest BCUT2D eigenvalue weighted by Crippen LogP contribution is -2.27. The van der Waals surface area contributed by atoms with Crippen LogP contribution in [-0.4, -0.2) is 46.0 Å². The Balaban J connectivity index is 0.00000169. The second kappa shape index (κ2) is 10.1. The smallest absolute Gasteiger partial charge is 0.273 e. The van der Waals surface area contributed by atoms with E-state index in [9.17, 15) is 4.79 Å². The van der Waals surface area contributed by atoms with Crippen LogP contribution < -0.4 is 10.6 Å². The van der Waals surface area contributed by atoms with Crippen molar-refractivity contribution in [2.75, 3.05) is 20.1 Å². The van der Waals surface area contributed by atoms with E-state index < -0.39 is 0 Å². The molecule has 7 nitrogen and oxygen atoms in total. The van der Waals surface area contributed by atoms with Gasteiger partial charge in [-0.25, -0.2) is 4.68 Å². The van der Waals surface area contributed by atoms with Crippen molar-refractivity contribution in [1.82, 2.24) is 30.6 Å².